The van der Waals surface area contributed by atoms with Crippen LogP contribution in [0.2, 0.25) is 0 Å². The second kappa shape index (κ2) is 10.5. The lowest BCUT2D eigenvalue weighted by molar-refractivity contribution is 0.250. The number of amides is 2. The van der Waals surface area contributed by atoms with E-state index in [1.165, 1.54) is 6.42 Å². The van der Waals surface area contributed by atoms with Gasteiger partial charge in [0.05, 0.1) is 16.8 Å². The van der Waals surface area contributed by atoms with Crippen molar-refractivity contribution in [3.8, 4) is 23.1 Å². The molecule has 2 aromatic carbocycles. The Kier molecular flexibility index (Phi) is 7.25. The van der Waals surface area contributed by atoms with Crippen LogP contribution in [-0.2, 0) is 0 Å². The van der Waals surface area contributed by atoms with Gasteiger partial charge in [-0.1, -0.05) is 12.1 Å². The third-order valence-electron chi connectivity index (χ3n) is 6.11. The summed E-state index contributed by atoms with van der Waals surface area (Å²) in [5.74, 6) is 1.15. The minimum absolute atomic E-state index is 0.0508. The van der Waals surface area contributed by atoms with Gasteiger partial charge in [-0.15, -0.1) is 0 Å². The van der Waals surface area contributed by atoms with E-state index in [4.69, 9.17) is 10.5 Å². The first kappa shape index (κ1) is 24.1. The van der Waals surface area contributed by atoms with Crippen LogP contribution in [0.1, 0.15) is 51.6 Å². The number of urea groups is 1. The molecule has 8 nitrogen and oxygen atoms in total. The summed E-state index contributed by atoms with van der Waals surface area (Å²) in [6, 6.07) is 16.0. The number of benzene rings is 2. The Balaban J connectivity index is 1.72. The van der Waals surface area contributed by atoms with Crippen molar-refractivity contribution in [2.24, 2.45) is 10.7 Å². The molecule has 4 N–H and O–H groups in total. The summed E-state index contributed by atoms with van der Waals surface area (Å²) in [5.41, 5.74) is 10.0. The van der Waals surface area contributed by atoms with Gasteiger partial charge >= 0.3 is 6.03 Å². The van der Waals surface area contributed by atoms with Crippen LogP contribution in [0.4, 0.5) is 10.5 Å². The van der Waals surface area contributed by atoms with Crippen LogP contribution in [0, 0.1) is 11.3 Å². The summed E-state index contributed by atoms with van der Waals surface area (Å²) < 4.78 is 8.16. The monoisotopic (exact) mass is 472 g/mol. The summed E-state index contributed by atoms with van der Waals surface area (Å²) >= 11 is 0. The number of nitrogens with one attached hydrogen (secondary N) is 2. The largest absolute Gasteiger partial charge is 0.486 e. The Morgan fingerprint density at radius 3 is 2.60 bits per heavy atom. The van der Waals surface area contributed by atoms with Crippen molar-refractivity contribution >= 4 is 28.5 Å². The molecule has 0 radical (unpaired) electrons. The van der Waals surface area contributed by atoms with E-state index in [9.17, 15) is 10.1 Å². The second-order valence-electron chi connectivity index (χ2n) is 9.05. The lowest BCUT2D eigenvalue weighted by Gasteiger charge is -2.30. The number of hydrogen-bond acceptors (Lipinski definition) is 4. The Morgan fingerprint density at radius 2 is 2.00 bits per heavy atom. The predicted molar refractivity (Wildman–Crippen MR) is 140 cm³/mol. The maximum Gasteiger partial charge on any atom is 0.319 e. The lowest BCUT2D eigenvalue weighted by Crippen LogP contribution is -2.34. The van der Waals surface area contributed by atoms with Gasteiger partial charge in [-0.25, -0.2) is 4.79 Å². The number of fused-ring (bicyclic) bond motifs is 1. The predicted octanol–water partition coefficient (Wildman–Crippen LogP) is 5.19. The molecule has 0 saturated heterocycles. The molecule has 1 aliphatic carbocycles. The molecule has 0 spiro atoms. The van der Waals surface area contributed by atoms with Crippen LogP contribution < -0.4 is 21.1 Å². The van der Waals surface area contributed by atoms with E-state index in [1.54, 1.807) is 0 Å². The Bertz CT molecular complexity index is 1280. The fraction of sp³-hybridized carbons (Fsp3) is 0.370. The zero-order chi connectivity index (χ0) is 24.9. The average molecular weight is 473 g/mol. The minimum atomic E-state index is -0.244. The van der Waals surface area contributed by atoms with Gasteiger partial charge in [-0.2, -0.15) is 5.26 Å². The molecule has 1 aromatic heterocycles. The molecule has 0 atom stereocenters. The Labute approximate surface area is 205 Å². The molecule has 2 amide bonds. The van der Waals surface area contributed by atoms with Gasteiger partial charge < -0.3 is 25.7 Å². The SMILES string of the molecule is CCN=C(N)COc1ccc2c(C#N)c(-c3ccc(NC(=O)NC(C)C)cc3)n(C3CCC3)c2c1. The fourth-order valence-electron chi connectivity index (χ4n) is 4.35. The number of carbonyl (C=O) groups excluding carboxylic acids is 1. The summed E-state index contributed by atoms with van der Waals surface area (Å²) in [5, 5.41) is 16.7. The van der Waals surface area contributed by atoms with Crippen molar-refractivity contribution in [3.63, 3.8) is 0 Å². The summed E-state index contributed by atoms with van der Waals surface area (Å²) in [6.45, 7) is 6.59. The van der Waals surface area contributed by atoms with Crippen molar-refractivity contribution in [1.82, 2.24) is 9.88 Å². The molecule has 1 aliphatic rings. The van der Waals surface area contributed by atoms with Crippen molar-refractivity contribution in [2.75, 3.05) is 18.5 Å². The Hall–Kier alpha value is -3.99. The number of aliphatic imine (C=N–C) groups is 1. The second-order valence-corrected chi connectivity index (χ2v) is 9.05. The third-order valence-corrected chi connectivity index (χ3v) is 6.11. The molecule has 35 heavy (non-hydrogen) atoms. The number of hydrogen-bond donors (Lipinski definition) is 3. The highest BCUT2D eigenvalue weighted by atomic mass is 16.5. The maximum atomic E-state index is 12.1. The zero-order valence-electron chi connectivity index (χ0n) is 20.5. The highest BCUT2D eigenvalue weighted by Crippen LogP contribution is 2.43. The highest BCUT2D eigenvalue weighted by molar-refractivity contribution is 5.96. The van der Waals surface area contributed by atoms with E-state index >= 15 is 0 Å². The first-order valence-corrected chi connectivity index (χ1v) is 12.1. The lowest BCUT2D eigenvalue weighted by atomic mass is 9.92. The Morgan fingerprint density at radius 1 is 1.26 bits per heavy atom. The summed E-state index contributed by atoms with van der Waals surface area (Å²) in [7, 11) is 0. The number of anilines is 1. The number of nitriles is 1. The minimum Gasteiger partial charge on any atom is -0.486 e. The van der Waals surface area contributed by atoms with Gasteiger partial charge in [0.2, 0.25) is 0 Å². The number of nitrogens with two attached hydrogens (primary N) is 1. The van der Waals surface area contributed by atoms with Gasteiger partial charge in [-0.05, 0) is 69.9 Å². The van der Waals surface area contributed by atoms with Crippen LogP contribution in [-0.4, -0.2) is 35.6 Å². The van der Waals surface area contributed by atoms with Crippen LogP contribution in [0.15, 0.2) is 47.5 Å². The summed E-state index contributed by atoms with van der Waals surface area (Å²) in [6.07, 6.45) is 3.30. The number of nitrogens with zero attached hydrogens (tertiary/aromatic N) is 3. The van der Waals surface area contributed by atoms with Gasteiger partial charge in [-0.3, -0.25) is 4.99 Å². The first-order chi connectivity index (χ1) is 16.9. The smallest absolute Gasteiger partial charge is 0.319 e. The van der Waals surface area contributed by atoms with Gasteiger partial charge in [0.25, 0.3) is 0 Å². The van der Waals surface area contributed by atoms with Gasteiger partial charge in [0.1, 0.15) is 24.3 Å². The fourth-order valence-corrected chi connectivity index (χ4v) is 4.35. The molecule has 0 bridgehead atoms. The third kappa shape index (κ3) is 5.24. The van der Waals surface area contributed by atoms with Crippen molar-refractivity contribution in [2.45, 2.75) is 52.1 Å². The molecule has 4 rings (SSSR count). The van der Waals surface area contributed by atoms with E-state index in [-0.39, 0.29) is 18.7 Å². The molecule has 182 valence electrons. The van der Waals surface area contributed by atoms with Crippen molar-refractivity contribution in [1.29, 1.82) is 5.26 Å². The topological polar surface area (TPSA) is 117 Å². The van der Waals surface area contributed by atoms with Crippen LogP contribution in [0.25, 0.3) is 22.2 Å². The van der Waals surface area contributed by atoms with Crippen molar-refractivity contribution in [3.05, 3.63) is 48.0 Å². The standard InChI is InChI=1S/C27H32N6O2/c1-4-30-25(29)16-35-21-12-13-22-23(15-28)26(33(24(22)14-21)20-6-5-7-20)18-8-10-19(11-9-18)32-27(34)31-17(2)3/h8-14,17,20H,4-7,16H2,1-3H3,(H2,29,30)(H2,31,32,34). The van der Waals surface area contributed by atoms with E-state index < -0.39 is 0 Å². The summed E-state index contributed by atoms with van der Waals surface area (Å²) in [4.78, 5) is 16.2. The molecule has 1 heterocycles. The van der Waals surface area contributed by atoms with E-state index in [2.05, 4.69) is 26.3 Å². The van der Waals surface area contributed by atoms with Gasteiger partial charge in [0.15, 0.2) is 0 Å². The first-order valence-electron chi connectivity index (χ1n) is 12.1. The molecule has 0 unspecified atom stereocenters. The van der Waals surface area contributed by atoms with Crippen LogP contribution in [0.3, 0.4) is 0 Å². The van der Waals surface area contributed by atoms with E-state index in [1.807, 2.05) is 63.2 Å². The number of ether oxygens (including phenoxy) is 1. The molecule has 1 saturated carbocycles. The number of aromatic nitrogens is 1. The van der Waals surface area contributed by atoms with E-state index in [0.29, 0.717) is 35.4 Å². The normalized spacial score (nSPS) is 14.0. The molecule has 8 heteroatoms. The molecule has 1 fully saturated rings. The van der Waals surface area contributed by atoms with Crippen LogP contribution >= 0.6 is 0 Å². The number of amidine groups is 1. The average Bonchev–Trinajstić information content (AvgIpc) is 3.10. The zero-order valence-corrected chi connectivity index (χ0v) is 20.5. The highest BCUT2D eigenvalue weighted by Gasteiger charge is 2.28. The maximum absolute atomic E-state index is 12.1. The quantitative estimate of drug-likeness (QED) is 0.309. The molecule has 3 aromatic rings. The van der Waals surface area contributed by atoms with Crippen molar-refractivity contribution < 1.29 is 9.53 Å². The molecular weight excluding hydrogens is 440 g/mol. The number of carbonyl (C=O) groups is 1. The van der Waals surface area contributed by atoms with E-state index in [0.717, 1.165) is 35.0 Å². The molecule has 0 aliphatic heterocycles. The van der Waals surface area contributed by atoms with Crippen LogP contribution in [0.5, 0.6) is 5.75 Å². The number of rotatable bonds is 8. The van der Waals surface area contributed by atoms with Gasteiger partial charge in [0, 0.05) is 35.8 Å². The molecular formula is C27H32N6O2.